The van der Waals surface area contributed by atoms with Gasteiger partial charge < -0.3 is 9.88 Å². The molecule has 1 saturated heterocycles. The zero-order valence-electron chi connectivity index (χ0n) is 14.7. The number of hydrogen-bond donors (Lipinski definition) is 1. The molecule has 0 aliphatic carbocycles. The summed E-state index contributed by atoms with van der Waals surface area (Å²) in [4.78, 5) is 22.6. The number of pyridine rings is 1. The number of likely N-dealkylation sites (tertiary alicyclic amines) is 1. The Balaban J connectivity index is 1.56. The van der Waals surface area contributed by atoms with Gasteiger partial charge in [0.05, 0.1) is 6.42 Å². The second-order valence-corrected chi connectivity index (χ2v) is 7.34. The van der Waals surface area contributed by atoms with Crippen LogP contribution in [0, 0.1) is 0 Å². The number of amides is 1. The van der Waals surface area contributed by atoms with Crippen molar-refractivity contribution in [3.63, 3.8) is 0 Å². The number of carbonyl (C=O) groups excluding carboxylic acids is 1. The summed E-state index contributed by atoms with van der Waals surface area (Å²) in [5.41, 5.74) is 3.00. The Morgan fingerprint density at radius 1 is 1.24 bits per heavy atom. The molecule has 1 fully saturated rings. The summed E-state index contributed by atoms with van der Waals surface area (Å²) in [5, 5.41) is 1.03. The minimum atomic E-state index is -0.178. The van der Waals surface area contributed by atoms with E-state index in [1.807, 2.05) is 24.4 Å². The second-order valence-electron chi connectivity index (χ2n) is 7.34. The van der Waals surface area contributed by atoms with Crippen LogP contribution in [0.4, 0.5) is 0 Å². The predicted octanol–water partition coefficient (Wildman–Crippen LogP) is 3.90. The number of hydrogen-bond acceptors (Lipinski definition) is 2. The van der Waals surface area contributed by atoms with Crippen LogP contribution in [0.1, 0.15) is 37.3 Å². The van der Waals surface area contributed by atoms with Crippen molar-refractivity contribution in [2.75, 3.05) is 6.54 Å². The van der Waals surface area contributed by atoms with E-state index in [1.165, 1.54) is 5.56 Å². The van der Waals surface area contributed by atoms with Gasteiger partial charge in [-0.25, -0.2) is 4.98 Å². The van der Waals surface area contributed by atoms with E-state index in [9.17, 15) is 4.79 Å². The number of benzene rings is 1. The number of rotatable bonds is 3. The SMILES string of the molecule is CC1(C)C(c2ccccc2)CCN1C(=O)Cc1c[nH]c2ncccc12. The number of aromatic nitrogens is 2. The summed E-state index contributed by atoms with van der Waals surface area (Å²) in [7, 11) is 0. The molecule has 1 unspecified atom stereocenters. The van der Waals surface area contributed by atoms with Gasteiger partial charge in [0.25, 0.3) is 0 Å². The lowest BCUT2D eigenvalue weighted by Gasteiger charge is -2.36. The first-order chi connectivity index (χ1) is 12.1. The summed E-state index contributed by atoms with van der Waals surface area (Å²) in [6, 6.07) is 14.5. The number of nitrogens with zero attached hydrogens (tertiary/aromatic N) is 2. The van der Waals surface area contributed by atoms with Crippen LogP contribution in [-0.4, -0.2) is 32.9 Å². The van der Waals surface area contributed by atoms with Gasteiger partial charge in [-0.05, 0) is 43.5 Å². The number of carbonyl (C=O) groups is 1. The minimum Gasteiger partial charge on any atom is -0.346 e. The highest BCUT2D eigenvalue weighted by Crippen LogP contribution is 2.42. The molecule has 3 heterocycles. The van der Waals surface area contributed by atoms with Crippen molar-refractivity contribution < 1.29 is 4.79 Å². The van der Waals surface area contributed by atoms with E-state index < -0.39 is 0 Å². The van der Waals surface area contributed by atoms with E-state index in [1.54, 1.807) is 6.20 Å². The normalized spacial score (nSPS) is 19.4. The highest BCUT2D eigenvalue weighted by molar-refractivity contribution is 5.87. The van der Waals surface area contributed by atoms with Crippen molar-refractivity contribution in [1.82, 2.24) is 14.9 Å². The quantitative estimate of drug-likeness (QED) is 0.790. The largest absolute Gasteiger partial charge is 0.346 e. The van der Waals surface area contributed by atoms with Crippen LogP contribution in [0.25, 0.3) is 11.0 Å². The van der Waals surface area contributed by atoms with Crippen molar-refractivity contribution in [2.24, 2.45) is 0 Å². The van der Waals surface area contributed by atoms with Crippen molar-refractivity contribution in [1.29, 1.82) is 0 Å². The van der Waals surface area contributed by atoms with Crippen LogP contribution >= 0.6 is 0 Å². The van der Waals surface area contributed by atoms with Crippen molar-refractivity contribution in [2.45, 2.75) is 38.1 Å². The molecule has 0 radical (unpaired) electrons. The van der Waals surface area contributed by atoms with Gasteiger partial charge in [-0.15, -0.1) is 0 Å². The Morgan fingerprint density at radius 2 is 2.04 bits per heavy atom. The Bertz CT molecular complexity index is 898. The molecule has 4 rings (SSSR count). The molecule has 3 aromatic rings. The molecule has 1 N–H and O–H groups in total. The molecule has 25 heavy (non-hydrogen) atoms. The Morgan fingerprint density at radius 3 is 2.84 bits per heavy atom. The molecule has 2 aromatic heterocycles. The first kappa shape index (κ1) is 15.9. The maximum absolute atomic E-state index is 13.0. The molecule has 1 aromatic carbocycles. The number of aromatic amines is 1. The van der Waals surface area contributed by atoms with Crippen LogP contribution < -0.4 is 0 Å². The lowest BCUT2D eigenvalue weighted by Crippen LogP contribution is -2.46. The van der Waals surface area contributed by atoms with Gasteiger partial charge >= 0.3 is 0 Å². The molecule has 1 atom stereocenters. The third-order valence-electron chi connectivity index (χ3n) is 5.57. The smallest absolute Gasteiger partial charge is 0.227 e. The van der Waals surface area contributed by atoms with Crippen LogP contribution in [0.5, 0.6) is 0 Å². The first-order valence-electron chi connectivity index (χ1n) is 8.84. The van der Waals surface area contributed by atoms with E-state index in [2.05, 4.69) is 53.0 Å². The van der Waals surface area contributed by atoms with Crippen LogP contribution in [0.3, 0.4) is 0 Å². The monoisotopic (exact) mass is 333 g/mol. The standard InChI is InChI=1S/C21H23N3O/c1-21(2)18(15-7-4-3-5-8-15)10-12-24(21)19(25)13-16-14-23-20-17(16)9-6-11-22-20/h3-9,11,14,18H,10,12-13H2,1-2H3,(H,22,23). The fourth-order valence-electron chi connectivity index (χ4n) is 4.21. The molecular formula is C21H23N3O. The van der Waals surface area contributed by atoms with Crippen molar-refractivity contribution in [3.8, 4) is 0 Å². The van der Waals surface area contributed by atoms with Crippen molar-refractivity contribution >= 4 is 16.9 Å². The number of H-pyrrole nitrogens is 1. The fourth-order valence-corrected chi connectivity index (χ4v) is 4.21. The molecule has 0 spiro atoms. The van der Waals surface area contributed by atoms with Crippen LogP contribution in [0.2, 0.25) is 0 Å². The lowest BCUT2D eigenvalue weighted by atomic mass is 9.82. The van der Waals surface area contributed by atoms with Gasteiger partial charge in [-0.1, -0.05) is 30.3 Å². The summed E-state index contributed by atoms with van der Waals surface area (Å²) in [6.07, 6.45) is 5.10. The van der Waals surface area contributed by atoms with E-state index in [4.69, 9.17) is 0 Å². The van der Waals surface area contributed by atoms with Crippen LogP contribution in [0.15, 0.2) is 54.9 Å². The summed E-state index contributed by atoms with van der Waals surface area (Å²) in [6.45, 7) is 5.19. The minimum absolute atomic E-state index is 0.178. The van der Waals surface area contributed by atoms with E-state index in [0.717, 1.165) is 29.6 Å². The molecule has 4 heteroatoms. The zero-order chi connectivity index (χ0) is 17.4. The Hall–Kier alpha value is -2.62. The molecule has 0 saturated carbocycles. The second kappa shape index (κ2) is 6.03. The van der Waals surface area contributed by atoms with Gasteiger partial charge in [0.15, 0.2) is 0 Å². The molecular weight excluding hydrogens is 310 g/mol. The maximum Gasteiger partial charge on any atom is 0.227 e. The summed E-state index contributed by atoms with van der Waals surface area (Å²) < 4.78 is 0. The van der Waals surface area contributed by atoms with E-state index >= 15 is 0 Å². The molecule has 1 aliphatic heterocycles. The topological polar surface area (TPSA) is 49.0 Å². The number of fused-ring (bicyclic) bond motifs is 1. The molecule has 128 valence electrons. The fraction of sp³-hybridized carbons (Fsp3) is 0.333. The molecule has 1 aliphatic rings. The third kappa shape index (κ3) is 2.72. The zero-order valence-corrected chi connectivity index (χ0v) is 14.7. The van der Waals surface area contributed by atoms with E-state index in [-0.39, 0.29) is 11.4 Å². The highest BCUT2D eigenvalue weighted by Gasteiger charge is 2.44. The van der Waals surface area contributed by atoms with Gasteiger partial charge in [0.2, 0.25) is 5.91 Å². The van der Waals surface area contributed by atoms with E-state index in [0.29, 0.717) is 12.3 Å². The average Bonchev–Trinajstić information content (AvgIpc) is 3.16. The van der Waals surface area contributed by atoms with Crippen LogP contribution in [-0.2, 0) is 11.2 Å². The average molecular weight is 333 g/mol. The molecule has 0 bridgehead atoms. The van der Waals surface area contributed by atoms with Crippen molar-refractivity contribution in [3.05, 3.63) is 66.0 Å². The van der Waals surface area contributed by atoms with Gasteiger partial charge in [0.1, 0.15) is 5.65 Å². The van der Waals surface area contributed by atoms with Gasteiger partial charge in [0, 0.05) is 35.8 Å². The highest BCUT2D eigenvalue weighted by atomic mass is 16.2. The summed E-state index contributed by atoms with van der Waals surface area (Å²) >= 11 is 0. The third-order valence-corrected chi connectivity index (χ3v) is 5.57. The maximum atomic E-state index is 13.0. The summed E-state index contributed by atoms with van der Waals surface area (Å²) in [5.74, 6) is 0.565. The Labute approximate surface area is 147 Å². The van der Waals surface area contributed by atoms with Gasteiger partial charge in [-0.2, -0.15) is 0 Å². The van der Waals surface area contributed by atoms with Gasteiger partial charge in [-0.3, -0.25) is 4.79 Å². The lowest BCUT2D eigenvalue weighted by molar-refractivity contribution is -0.133. The first-order valence-corrected chi connectivity index (χ1v) is 8.84. The predicted molar refractivity (Wildman–Crippen MR) is 99.4 cm³/mol. The number of nitrogens with one attached hydrogen (secondary N) is 1. The molecule has 4 nitrogen and oxygen atoms in total. The Kier molecular flexibility index (Phi) is 3.83. The molecule has 1 amide bonds.